The normalized spacial score (nSPS) is 9.00. The molecule has 0 spiro atoms. The molecule has 0 bridgehead atoms. The van der Waals surface area contributed by atoms with Crippen LogP contribution < -0.4 is 10.5 Å². The molecule has 12 heavy (non-hydrogen) atoms. The first-order chi connectivity index (χ1) is 5.74. The predicted octanol–water partition coefficient (Wildman–Crippen LogP) is 1.31. The third-order valence-electron chi connectivity index (χ3n) is 1.26. The van der Waals surface area contributed by atoms with E-state index in [1.54, 1.807) is 6.07 Å². The van der Waals surface area contributed by atoms with Gasteiger partial charge in [-0.1, -0.05) is 0 Å². The van der Waals surface area contributed by atoms with E-state index in [1.165, 1.54) is 12.1 Å². The molecule has 1 rings (SSSR count). The monoisotopic (exact) mass is 166 g/mol. The number of ether oxygens (including phenoxy) is 1. The van der Waals surface area contributed by atoms with Crippen molar-refractivity contribution in [2.24, 2.45) is 0 Å². The van der Waals surface area contributed by atoms with Gasteiger partial charge >= 0.3 is 0 Å². The topological polar surface area (TPSA) is 59.0 Å². The highest BCUT2D eigenvalue weighted by Crippen LogP contribution is 2.21. The summed E-state index contributed by atoms with van der Waals surface area (Å²) >= 11 is 0. The van der Waals surface area contributed by atoms with Gasteiger partial charge in [0, 0.05) is 6.07 Å². The summed E-state index contributed by atoms with van der Waals surface area (Å²) in [6.45, 7) is -0.0875. The lowest BCUT2D eigenvalue weighted by Gasteiger charge is -2.03. The highest BCUT2D eigenvalue weighted by atomic mass is 19.1. The zero-order valence-corrected chi connectivity index (χ0v) is 6.25. The average Bonchev–Trinajstić information content (AvgIpc) is 2.03. The molecular weight excluding hydrogens is 159 g/mol. The Hall–Kier alpha value is -1.76. The fourth-order valence-electron chi connectivity index (χ4n) is 0.761. The van der Waals surface area contributed by atoms with Gasteiger partial charge in [0.25, 0.3) is 0 Å². The van der Waals surface area contributed by atoms with E-state index in [1.807, 2.05) is 0 Å². The first kappa shape index (κ1) is 8.34. The molecule has 0 aliphatic heterocycles. The SMILES string of the molecule is N#CCOc1ccc(F)cc1N. The Labute approximate surface area is 69.2 Å². The van der Waals surface area contributed by atoms with E-state index in [9.17, 15) is 4.39 Å². The molecule has 0 fully saturated rings. The van der Waals surface area contributed by atoms with Crippen molar-refractivity contribution in [1.82, 2.24) is 0 Å². The van der Waals surface area contributed by atoms with E-state index in [-0.39, 0.29) is 12.3 Å². The minimum absolute atomic E-state index is 0.0875. The van der Waals surface area contributed by atoms with Crippen LogP contribution in [-0.2, 0) is 0 Å². The molecule has 0 aliphatic rings. The Morgan fingerprint density at radius 1 is 1.58 bits per heavy atom. The van der Waals surface area contributed by atoms with Gasteiger partial charge in [-0.25, -0.2) is 4.39 Å². The largest absolute Gasteiger partial charge is 0.477 e. The number of nitrogens with two attached hydrogens (primary N) is 1. The Kier molecular flexibility index (Phi) is 2.49. The van der Waals surface area contributed by atoms with Crippen LogP contribution in [0.5, 0.6) is 5.75 Å². The van der Waals surface area contributed by atoms with Gasteiger partial charge in [0.1, 0.15) is 17.6 Å². The van der Waals surface area contributed by atoms with Gasteiger partial charge in [-0.15, -0.1) is 0 Å². The van der Waals surface area contributed by atoms with Crippen molar-refractivity contribution in [1.29, 1.82) is 5.26 Å². The molecular formula is C8H7FN2O. The van der Waals surface area contributed by atoms with E-state index in [4.69, 9.17) is 15.7 Å². The van der Waals surface area contributed by atoms with Crippen molar-refractivity contribution >= 4 is 5.69 Å². The van der Waals surface area contributed by atoms with Crippen LogP contribution in [0.1, 0.15) is 0 Å². The van der Waals surface area contributed by atoms with E-state index in [0.717, 1.165) is 6.07 Å². The predicted molar refractivity (Wildman–Crippen MR) is 41.9 cm³/mol. The van der Waals surface area contributed by atoms with Gasteiger partial charge in [0.05, 0.1) is 5.69 Å². The van der Waals surface area contributed by atoms with E-state index >= 15 is 0 Å². The highest BCUT2D eigenvalue weighted by Gasteiger charge is 2.00. The van der Waals surface area contributed by atoms with E-state index < -0.39 is 5.82 Å². The lowest BCUT2D eigenvalue weighted by molar-refractivity contribution is 0.369. The lowest BCUT2D eigenvalue weighted by Crippen LogP contribution is -1.98. The Balaban J connectivity index is 2.81. The Morgan fingerprint density at radius 2 is 2.33 bits per heavy atom. The number of nitriles is 1. The molecule has 0 aromatic heterocycles. The van der Waals surface area contributed by atoms with Gasteiger partial charge < -0.3 is 10.5 Å². The summed E-state index contributed by atoms with van der Waals surface area (Å²) in [5.74, 6) is -0.0882. The quantitative estimate of drug-likeness (QED) is 0.674. The van der Waals surface area contributed by atoms with Crippen molar-refractivity contribution in [2.45, 2.75) is 0 Å². The number of benzene rings is 1. The van der Waals surface area contributed by atoms with Crippen LogP contribution >= 0.6 is 0 Å². The zero-order chi connectivity index (χ0) is 8.97. The van der Waals surface area contributed by atoms with Crippen molar-refractivity contribution in [3.8, 4) is 11.8 Å². The molecule has 62 valence electrons. The first-order valence-electron chi connectivity index (χ1n) is 3.29. The van der Waals surface area contributed by atoms with Gasteiger partial charge in [-0.05, 0) is 12.1 Å². The van der Waals surface area contributed by atoms with E-state index in [0.29, 0.717) is 5.75 Å². The maximum absolute atomic E-state index is 12.5. The summed E-state index contributed by atoms with van der Waals surface area (Å²) in [6, 6.07) is 5.55. The van der Waals surface area contributed by atoms with Gasteiger partial charge in [-0.3, -0.25) is 0 Å². The molecule has 0 unspecified atom stereocenters. The van der Waals surface area contributed by atoms with Crippen LogP contribution in [0.15, 0.2) is 18.2 Å². The summed E-state index contributed by atoms with van der Waals surface area (Å²) in [5.41, 5.74) is 5.59. The van der Waals surface area contributed by atoms with Crippen molar-refractivity contribution in [2.75, 3.05) is 12.3 Å². The van der Waals surface area contributed by atoms with Crippen LogP contribution in [0.4, 0.5) is 10.1 Å². The maximum Gasteiger partial charge on any atom is 0.174 e. The molecule has 1 aromatic rings. The molecule has 3 nitrogen and oxygen atoms in total. The van der Waals surface area contributed by atoms with Crippen LogP contribution in [-0.4, -0.2) is 6.61 Å². The van der Waals surface area contributed by atoms with Crippen LogP contribution in [0.2, 0.25) is 0 Å². The average molecular weight is 166 g/mol. The van der Waals surface area contributed by atoms with Gasteiger partial charge in [0.2, 0.25) is 0 Å². The smallest absolute Gasteiger partial charge is 0.174 e. The third-order valence-corrected chi connectivity index (χ3v) is 1.26. The molecule has 0 radical (unpaired) electrons. The minimum Gasteiger partial charge on any atom is -0.477 e. The molecule has 0 saturated carbocycles. The first-order valence-corrected chi connectivity index (χ1v) is 3.29. The second-order valence-corrected chi connectivity index (χ2v) is 2.13. The number of halogens is 1. The number of hydrogen-bond acceptors (Lipinski definition) is 3. The minimum atomic E-state index is -0.420. The lowest BCUT2D eigenvalue weighted by atomic mass is 10.3. The van der Waals surface area contributed by atoms with E-state index in [2.05, 4.69) is 0 Å². The summed E-state index contributed by atoms with van der Waals surface area (Å²) in [4.78, 5) is 0. The van der Waals surface area contributed by atoms with Crippen LogP contribution in [0.25, 0.3) is 0 Å². The number of nitrogens with zero attached hydrogens (tertiary/aromatic N) is 1. The molecule has 0 atom stereocenters. The summed E-state index contributed by atoms with van der Waals surface area (Å²) in [7, 11) is 0. The maximum atomic E-state index is 12.5. The summed E-state index contributed by atoms with van der Waals surface area (Å²) in [6.07, 6.45) is 0. The summed E-state index contributed by atoms with van der Waals surface area (Å²) < 4.78 is 17.4. The van der Waals surface area contributed by atoms with Crippen molar-refractivity contribution < 1.29 is 9.13 Å². The molecule has 0 aliphatic carbocycles. The molecule has 0 saturated heterocycles. The molecule has 4 heteroatoms. The highest BCUT2D eigenvalue weighted by molar-refractivity contribution is 5.52. The Bertz CT molecular complexity index is 319. The molecule has 0 amide bonds. The third kappa shape index (κ3) is 1.86. The van der Waals surface area contributed by atoms with Gasteiger partial charge in [0.15, 0.2) is 6.61 Å². The standard InChI is InChI=1S/C8H7FN2O/c9-6-1-2-8(7(11)5-6)12-4-3-10/h1-2,5H,4,11H2. The zero-order valence-electron chi connectivity index (χ0n) is 6.25. The number of nitrogen functional groups attached to an aromatic ring is 1. The number of hydrogen-bond donors (Lipinski definition) is 1. The van der Waals surface area contributed by atoms with Crippen molar-refractivity contribution in [3.63, 3.8) is 0 Å². The summed E-state index contributed by atoms with van der Waals surface area (Å²) in [5, 5.41) is 8.18. The van der Waals surface area contributed by atoms with Crippen LogP contribution in [0.3, 0.4) is 0 Å². The fraction of sp³-hybridized carbons (Fsp3) is 0.125. The fourth-order valence-corrected chi connectivity index (χ4v) is 0.761. The Morgan fingerprint density at radius 3 is 2.92 bits per heavy atom. The molecule has 2 N–H and O–H groups in total. The van der Waals surface area contributed by atoms with Crippen LogP contribution in [0, 0.1) is 17.1 Å². The molecule has 0 heterocycles. The molecule has 1 aromatic carbocycles. The second kappa shape index (κ2) is 3.58. The number of anilines is 1. The van der Waals surface area contributed by atoms with Gasteiger partial charge in [-0.2, -0.15) is 5.26 Å². The van der Waals surface area contributed by atoms with Crippen molar-refractivity contribution in [3.05, 3.63) is 24.0 Å². The second-order valence-electron chi connectivity index (χ2n) is 2.13. The number of rotatable bonds is 2.